The molecule has 0 amide bonds. The fourth-order valence-corrected chi connectivity index (χ4v) is 3.04. The summed E-state index contributed by atoms with van der Waals surface area (Å²) in [5, 5.41) is 6.47. The smallest absolute Gasteiger partial charge is 0.367 e. The van der Waals surface area contributed by atoms with Crippen LogP contribution in [0.1, 0.15) is 22.5 Å². The van der Waals surface area contributed by atoms with E-state index in [9.17, 15) is 13.2 Å². The van der Waals surface area contributed by atoms with E-state index in [1.807, 2.05) is 36.5 Å². The monoisotopic (exact) mass is 573 g/mol. The van der Waals surface area contributed by atoms with E-state index in [-0.39, 0.29) is 30.6 Å². The van der Waals surface area contributed by atoms with E-state index in [4.69, 9.17) is 0 Å². The van der Waals surface area contributed by atoms with Crippen molar-refractivity contribution in [1.29, 1.82) is 0 Å². The van der Waals surface area contributed by atoms with E-state index >= 15 is 0 Å². The standard InChI is InChI=1S/C23H26F3N5O.HI/c1-27-22(29-13-18-7-9-20(10-8-18)16-32-17-23(24,25)26)30-14-21-28-11-12-31(21)15-19-5-3-2-4-6-19;/h2-12H,13-17H2,1H3,(H2,27,29,30);1H. The number of halogens is 4. The summed E-state index contributed by atoms with van der Waals surface area (Å²) in [5.41, 5.74) is 2.85. The zero-order valence-corrected chi connectivity index (χ0v) is 20.5. The number of hydrogen-bond acceptors (Lipinski definition) is 3. The Kier molecular flexibility index (Phi) is 10.7. The Balaban J connectivity index is 0.00000385. The van der Waals surface area contributed by atoms with Crippen molar-refractivity contribution in [1.82, 2.24) is 20.2 Å². The number of aliphatic imine (C=N–C) groups is 1. The van der Waals surface area contributed by atoms with Gasteiger partial charge in [0, 0.05) is 32.5 Å². The van der Waals surface area contributed by atoms with Crippen LogP contribution in [0.25, 0.3) is 0 Å². The van der Waals surface area contributed by atoms with Crippen LogP contribution in [0.5, 0.6) is 0 Å². The lowest BCUT2D eigenvalue weighted by atomic mass is 10.1. The van der Waals surface area contributed by atoms with Crippen LogP contribution in [0.4, 0.5) is 13.2 Å². The van der Waals surface area contributed by atoms with Crippen LogP contribution in [-0.4, -0.2) is 35.3 Å². The molecule has 0 saturated carbocycles. The summed E-state index contributed by atoms with van der Waals surface area (Å²) < 4.78 is 43.2. The van der Waals surface area contributed by atoms with Crippen molar-refractivity contribution >= 4 is 29.9 Å². The predicted molar refractivity (Wildman–Crippen MR) is 132 cm³/mol. The van der Waals surface area contributed by atoms with Crippen LogP contribution in [-0.2, 0) is 31.0 Å². The molecule has 6 nitrogen and oxygen atoms in total. The molecule has 1 aromatic heterocycles. The Morgan fingerprint density at radius 3 is 2.30 bits per heavy atom. The molecule has 33 heavy (non-hydrogen) atoms. The fourth-order valence-electron chi connectivity index (χ4n) is 3.04. The number of rotatable bonds is 9. The molecule has 0 atom stereocenters. The fraction of sp³-hybridized carbons (Fsp3) is 0.304. The predicted octanol–water partition coefficient (Wildman–Crippen LogP) is 4.49. The lowest BCUT2D eigenvalue weighted by molar-refractivity contribution is -0.176. The van der Waals surface area contributed by atoms with Crippen LogP contribution in [0, 0.1) is 0 Å². The van der Waals surface area contributed by atoms with Gasteiger partial charge in [-0.3, -0.25) is 4.99 Å². The highest BCUT2D eigenvalue weighted by molar-refractivity contribution is 14.0. The number of nitrogens with zero attached hydrogens (tertiary/aromatic N) is 3. The summed E-state index contributed by atoms with van der Waals surface area (Å²) in [7, 11) is 1.69. The maximum Gasteiger partial charge on any atom is 0.411 e. The van der Waals surface area contributed by atoms with E-state index in [0.29, 0.717) is 24.6 Å². The largest absolute Gasteiger partial charge is 0.411 e. The van der Waals surface area contributed by atoms with Gasteiger partial charge in [-0.1, -0.05) is 54.6 Å². The summed E-state index contributed by atoms with van der Waals surface area (Å²) in [4.78, 5) is 8.65. The van der Waals surface area contributed by atoms with E-state index in [1.165, 1.54) is 5.56 Å². The van der Waals surface area contributed by atoms with Crippen molar-refractivity contribution in [3.8, 4) is 0 Å². The second kappa shape index (κ2) is 13.2. The van der Waals surface area contributed by atoms with E-state index in [2.05, 4.69) is 42.0 Å². The Morgan fingerprint density at radius 2 is 1.64 bits per heavy atom. The number of guanidine groups is 1. The molecule has 3 rings (SSSR count). The van der Waals surface area contributed by atoms with Crippen LogP contribution >= 0.6 is 24.0 Å². The highest BCUT2D eigenvalue weighted by atomic mass is 127. The maximum absolute atomic E-state index is 12.1. The van der Waals surface area contributed by atoms with Crippen molar-refractivity contribution in [3.63, 3.8) is 0 Å². The lowest BCUT2D eigenvalue weighted by Gasteiger charge is -2.13. The number of nitrogens with one attached hydrogen (secondary N) is 2. The van der Waals surface area contributed by atoms with Gasteiger partial charge in [-0.25, -0.2) is 4.98 Å². The number of alkyl halides is 3. The molecule has 0 radical (unpaired) electrons. The molecule has 178 valence electrons. The first-order valence-corrected chi connectivity index (χ1v) is 10.1. The molecule has 0 aliphatic carbocycles. The van der Waals surface area contributed by atoms with Crippen molar-refractivity contribution in [2.75, 3.05) is 13.7 Å². The Hall–Kier alpha value is -2.60. The molecule has 2 N–H and O–H groups in total. The summed E-state index contributed by atoms with van der Waals surface area (Å²) in [6.07, 6.45) is -0.595. The summed E-state index contributed by atoms with van der Waals surface area (Å²) >= 11 is 0. The van der Waals surface area contributed by atoms with Gasteiger partial charge in [-0.05, 0) is 16.7 Å². The van der Waals surface area contributed by atoms with Crippen molar-refractivity contribution in [2.24, 2.45) is 4.99 Å². The van der Waals surface area contributed by atoms with Gasteiger partial charge in [0.25, 0.3) is 0 Å². The zero-order valence-electron chi connectivity index (χ0n) is 18.2. The first-order valence-electron chi connectivity index (χ1n) is 10.1. The number of benzene rings is 2. The molecule has 3 aromatic rings. The molecule has 0 bridgehead atoms. The van der Waals surface area contributed by atoms with Crippen LogP contribution in [0.15, 0.2) is 72.0 Å². The van der Waals surface area contributed by atoms with Gasteiger partial charge in [-0.15, -0.1) is 24.0 Å². The molecule has 0 aliphatic heterocycles. The highest BCUT2D eigenvalue weighted by Gasteiger charge is 2.27. The van der Waals surface area contributed by atoms with Gasteiger partial charge >= 0.3 is 6.18 Å². The van der Waals surface area contributed by atoms with Gasteiger partial charge in [0.05, 0.1) is 13.2 Å². The van der Waals surface area contributed by atoms with Crippen molar-refractivity contribution < 1.29 is 17.9 Å². The van der Waals surface area contributed by atoms with E-state index in [1.54, 1.807) is 25.4 Å². The maximum atomic E-state index is 12.1. The van der Waals surface area contributed by atoms with Crippen molar-refractivity contribution in [3.05, 3.63) is 89.5 Å². The number of hydrogen-bond donors (Lipinski definition) is 2. The molecule has 0 unspecified atom stereocenters. The molecular formula is C23H27F3IN5O. The van der Waals surface area contributed by atoms with E-state index < -0.39 is 12.8 Å². The van der Waals surface area contributed by atoms with Crippen molar-refractivity contribution in [2.45, 2.75) is 32.4 Å². The minimum atomic E-state index is -4.31. The topological polar surface area (TPSA) is 63.5 Å². The summed E-state index contributed by atoms with van der Waals surface area (Å²) in [6, 6.07) is 17.4. The SMILES string of the molecule is CN=C(NCc1ccc(COCC(F)(F)F)cc1)NCc1nccn1Cc1ccccc1.I. The molecule has 2 aromatic carbocycles. The molecule has 0 spiro atoms. The Bertz CT molecular complexity index is 991. The average Bonchev–Trinajstić information content (AvgIpc) is 3.21. The Labute approximate surface area is 208 Å². The zero-order chi connectivity index (χ0) is 22.8. The molecule has 1 heterocycles. The van der Waals surface area contributed by atoms with Gasteiger partial charge < -0.3 is 19.9 Å². The summed E-state index contributed by atoms with van der Waals surface area (Å²) in [5.74, 6) is 1.51. The quantitative estimate of drug-likeness (QED) is 0.225. The summed E-state index contributed by atoms with van der Waals surface area (Å²) in [6.45, 7) is 0.438. The minimum absolute atomic E-state index is 0. The van der Waals surface area contributed by atoms with Crippen LogP contribution < -0.4 is 10.6 Å². The first kappa shape index (κ1) is 26.7. The molecule has 0 saturated heterocycles. The highest BCUT2D eigenvalue weighted by Crippen LogP contribution is 2.16. The average molecular weight is 573 g/mol. The second-order valence-corrected chi connectivity index (χ2v) is 7.16. The normalized spacial score (nSPS) is 11.7. The third-order valence-corrected chi connectivity index (χ3v) is 4.65. The molecule has 10 heteroatoms. The number of aromatic nitrogens is 2. The minimum Gasteiger partial charge on any atom is -0.367 e. The first-order chi connectivity index (χ1) is 15.4. The Morgan fingerprint density at radius 1 is 0.970 bits per heavy atom. The van der Waals surface area contributed by atoms with Gasteiger partial charge in [0.15, 0.2) is 5.96 Å². The third kappa shape index (κ3) is 9.42. The lowest BCUT2D eigenvalue weighted by Crippen LogP contribution is -2.37. The van der Waals surface area contributed by atoms with Crippen LogP contribution in [0.2, 0.25) is 0 Å². The molecule has 0 fully saturated rings. The third-order valence-electron chi connectivity index (χ3n) is 4.65. The number of ether oxygens (including phenoxy) is 1. The van der Waals surface area contributed by atoms with Gasteiger partial charge in [0.2, 0.25) is 0 Å². The van der Waals surface area contributed by atoms with Gasteiger partial charge in [0.1, 0.15) is 12.4 Å². The van der Waals surface area contributed by atoms with Gasteiger partial charge in [-0.2, -0.15) is 13.2 Å². The molecular weight excluding hydrogens is 546 g/mol. The second-order valence-electron chi connectivity index (χ2n) is 7.16. The number of imidazole rings is 1. The van der Waals surface area contributed by atoms with E-state index in [0.717, 1.165) is 17.9 Å². The molecule has 0 aliphatic rings. The van der Waals surface area contributed by atoms with Crippen LogP contribution in [0.3, 0.4) is 0 Å².